The Kier molecular flexibility index (Phi) is 3.07. The van der Waals surface area contributed by atoms with Gasteiger partial charge in [-0.3, -0.25) is 0 Å². The van der Waals surface area contributed by atoms with Crippen LogP contribution < -0.4 is 0 Å². The first-order valence-corrected chi connectivity index (χ1v) is 4.46. The monoisotopic (exact) mass is 176 g/mol. The number of H-pyrrole nitrogens is 1. The fourth-order valence-electron chi connectivity index (χ4n) is 1.55. The number of aromatic nitrogens is 2. The van der Waals surface area contributed by atoms with E-state index in [1.165, 1.54) is 0 Å². The van der Waals surface area contributed by atoms with Crippen molar-refractivity contribution in [3.8, 4) is 0 Å². The Balaban J connectivity index is 2.93. The first-order chi connectivity index (χ1) is 6.16. The van der Waals surface area contributed by atoms with Crippen LogP contribution in [0.3, 0.4) is 0 Å². The zero-order valence-corrected chi connectivity index (χ0v) is 8.25. The highest BCUT2D eigenvalue weighted by molar-refractivity contribution is 5.27. The molecule has 1 N–H and O–H groups in total. The van der Waals surface area contributed by atoms with E-state index in [-0.39, 0.29) is 0 Å². The van der Waals surface area contributed by atoms with Crippen molar-refractivity contribution < 1.29 is 0 Å². The number of aromatic amines is 1. The summed E-state index contributed by atoms with van der Waals surface area (Å²) in [6.07, 6.45) is 5.35. The van der Waals surface area contributed by atoms with E-state index in [0.717, 1.165) is 11.3 Å². The van der Waals surface area contributed by atoms with E-state index in [2.05, 4.69) is 37.0 Å². The van der Waals surface area contributed by atoms with Crippen LogP contribution in [0.5, 0.6) is 0 Å². The molecule has 1 atom stereocenters. The fraction of sp³-hybridized carbons (Fsp3) is 0.364. The zero-order chi connectivity index (χ0) is 9.84. The smallest absolute Gasteiger partial charge is 0.0921 e. The molecule has 0 amide bonds. The molecule has 0 aliphatic rings. The molecule has 0 radical (unpaired) electrons. The van der Waals surface area contributed by atoms with Crippen LogP contribution in [0.4, 0.5) is 0 Å². The summed E-state index contributed by atoms with van der Waals surface area (Å²) in [5.74, 6) is 0.811. The van der Waals surface area contributed by atoms with Crippen molar-refractivity contribution in [3.05, 3.63) is 43.0 Å². The lowest BCUT2D eigenvalue weighted by molar-refractivity contribution is 0.554. The van der Waals surface area contributed by atoms with Gasteiger partial charge in [-0.1, -0.05) is 33.1 Å². The second-order valence-electron chi connectivity index (χ2n) is 3.51. The lowest BCUT2D eigenvalue weighted by Crippen LogP contribution is -2.08. The van der Waals surface area contributed by atoms with Gasteiger partial charge in [0, 0.05) is 17.8 Å². The molecule has 1 heterocycles. The van der Waals surface area contributed by atoms with E-state index in [1.54, 1.807) is 6.33 Å². The van der Waals surface area contributed by atoms with Gasteiger partial charge in [0.2, 0.25) is 0 Å². The van der Waals surface area contributed by atoms with E-state index in [4.69, 9.17) is 0 Å². The van der Waals surface area contributed by atoms with Crippen LogP contribution in [0.1, 0.15) is 25.5 Å². The van der Waals surface area contributed by atoms with Crippen molar-refractivity contribution in [2.45, 2.75) is 19.8 Å². The quantitative estimate of drug-likeness (QED) is 0.702. The molecule has 70 valence electrons. The van der Waals surface area contributed by atoms with Gasteiger partial charge in [0.05, 0.1) is 6.33 Å². The third-order valence-electron chi connectivity index (χ3n) is 2.18. The standard InChI is InChI=1S/C11H16N2/c1-5-9(4)11(8(2)3)10-6-12-7-13-10/h5-8,11H,1,4H2,2-3H3,(H,12,13). The molecule has 0 bridgehead atoms. The summed E-state index contributed by atoms with van der Waals surface area (Å²) in [4.78, 5) is 7.13. The number of allylic oxidation sites excluding steroid dienone is 2. The van der Waals surface area contributed by atoms with Crippen LogP contribution >= 0.6 is 0 Å². The highest BCUT2D eigenvalue weighted by Crippen LogP contribution is 2.29. The highest BCUT2D eigenvalue weighted by atomic mass is 14.9. The van der Waals surface area contributed by atoms with Gasteiger partial charge in [-0.15, -0.1) is 0 Å². The second kappa shape index (κ2) is 4.08. The molecule has 0 saturated heterocycles. The lowest BCUT2D eigenvalue weighted by atomic mass is 9.86. The highest BCUT2D eigenvalue weighted by Gasteiger charge is 2.18. The minimum atomic E-state index is 0.306. The van der Waals surface area contributed by atoms with E-state index >= 15 is 0 Å². The molecule has 0 spiro atoms. The third kappa shape index (κ3) is 2.08. The molecule has 1 rings (SSSR count). The first-order valence-electron chi connectivity index (χ1n) is 4.46. The van der Waals surface area contributed by atoms with Crippen molar-refractivity contribution in [2.75, 3.05) is 0 Å². The Hall–Kier alpha value is -1.31. The van der Waals surface area contributed by atoms with Crippen LogP contribution in [0.25, 0.3) is 0 Å². The van der Waals surface area contributed by atoms with Gasteiger partial charge in [-0.25, -0.2) is 4.98 Å². The molecule has 1 unspecified atom stereocenters. The number of nitrogens with zero attached hydrogens (tertiary/aromatic N) is 1. The van der Waals surface area contributed by atoms with Crippen molar-refractivity contribution in [1.82, 2.24) is 9.97 Å². The summed E-state index contributed by atoms with van der Waals surface area (Å²) >= 11 is 0. The molecule has 2 heteroatoms. The molecule has 13 heavy (non-hydrogen) atoms. The molecule has 0 aliphatic carbocycles. The topological polar surface area (TPSA) is 28.7 Å². The summed E-state index contributed by atoms with van der Waals surface area (Å²) in [7, 11) is 0. The number of imidazole rings is 1. The average Bonchev–Trinajstić information content (AvgIpc) is 2.56. The summed E-state index contributed by atoms with van der Waals surface area (Å²) in [6, 6.07) is 0. The Morgan fingerprint density at radius 2 is 2.31 bits per heavy atom. The van der Waals surface area contributed by atoms with Crippen molar-refractivity contribution in [3.63, 3.8) is 0 Å². The molecule has 1 aromatic rings. The second-order valence-corrected chi connectivity index (χ2v) is 3.51. The van der Waals surface area contributed by atoms with Crippen LogP contribution in [0.15, 0.2) is 37.3 Å². The maximum Gasteiger partial charge on any atom is 0.0921 e. The van der Waals surface area contributed by atoms with Crippen molar-refractivity contribution in [2.24, 2.45) is 5.92 Å². The Morgan fingerprint density at radius 1 is 1.62 bits per heavy atom. The van der Waals surface area contributed by atoms with Gasteiger partial charge in [0.25, 0.3) is 0 Å². The first kappa shape index (κ1) is 9.78. The number of rotatable bonds is 4. The zero-order valence-electron chi connectivity index (χ0n) is 8.25. The molecule has 1 aromatic heterocycles. The maximum atomic E-state index is 4.01. The molecule has 0 aliphatic heterocycles. The van der Waals surface area contributed by atoms with Gasteiger partial charge in [-0.2, -0.15) is 0 Å². The molecule has 0 fully saturated rings. The normalized spacial score (nSPS) is 12.8. The van der Waals surface area contributed by atoms with Crippen LogP contribution in [-0.4, -0.2) is 9.97 Å². The van der Waals surface area contributed by atoms with Crippen LogP contribution in [0, 0.1) is 5.92 Å². The lowest BCUT2D eigenvalue weighted by Gasteiger charge is -2.19. The Labute approximate surface area is 79.4 Å². The van der Waals surface area contributed by atoms with Gasteiger partial charge in [0.1, 0.15) is 0 Å². The molecular formula is C11H16N2. The van der Waals surface area contributed by atoms with Crippen molar-refractivity contribution >= 4 is 0 Å². The minimum Gasteiger partial charge on any atom is -0.348 e. The average molecular weight is 176 g/mol. The molecular weight excluding hydrogens is 160 g/mol. The van der Waals surface area contributed by atoms with Crippen LogP contribution in [-0.2, 0) is 0 Å². The van der Waals surface area contributed by atoms with E-state index in [1.807, 2.05) is 12.3 Å². The SMILES string of the molecule is C=CC(=C)C(c1cnc[nH]1)C(C)C. The number of hydrogen-bond acceptors (Lipinski definition) is 1. The van der Waals surface area contributed by atoms with Gasteiger partial charge in [-0.05, 0) is 11.5 Å². The predicted molar refractivity (Wildman–Crippen MR) is 55.5 cm³/mol. The summed E-state index contributed by atoms with van der Waals surface area (Å²) in [5, 5.41) is 0. The fourth-order valence-corrected chi connectivity index (χ4v) is 1.55. The number of hydrogen-bond donors (Lipinski definition) is 1. The van der Waals surface area contributed by atoms with Gasteiger partial charge < -0.3 is 4.98 Å². The maximum absolute atomic E-state index is 4.01. The summed E-state index contributed by atoms with van der Waals surface area (Å²) in [5.41, 5.74) is 2.15. The predicted octanol–water partition coefficient (Wildman–Crippen LogP) is 2.89. The Bertz CT molecular complexity index is 283. The summed E-state index contributed by atoms with van der Waals surface area (Å²) in [6.45, 7) is 12.1. The van der Waals surface area contributed by atoms with E-state index in [0.29, 0.717) is 11.8 Å². The summed E-state index contributed by atoms with van der Waals surface area (Å²) < 4.78 is 0. The van der Waals surface area contributed by atoms with Crippen molar-refractivity contribution in [1.29, 1.82) is 0 Å². The van der Waals surface area contributed by atoms with Gasteiger partial charge >= 0.3 is 0 Å². The number of nitrogens with one attached hydrogen (secondary N) is 1. The third-order valence-corrected chi connectivity index (χ3v) is 2.18. The molecule has 2 nitrogen and oxygen atoms in total. The Morgan fingerprint density at radius 3 is 2.69 bits per heavy atom. The van der Waals surface area contributed by atoms with E-state index < -0.39 is 0 Å². The van der Waals surface area contributed by atoms with Crippen LogP contribution in [0.2, 0.25) is 0 Å². The van der Waals surface area contributed by atoms with Gasteiger partial charge in [0.15, 0.2) is 0 Å². The molecule has 0 saturated carbocycles. The molecule has 0 aromatic carbocycles. The van der Waals surface area contributed by atoms with E-state index in [9.17, 15) is 0 Å². The largest absolute Gasteiger partial charge is 0.348 e. The minimum absolute atomic E-state index is 0.306.